The molecule has 1 aromatic heterocycles. The van der Waals surface area contributed by atoms with Crippen LogP contribution >= 0.6 is 11.6 Å². The van der Waals surface area contributed by atoms with Crippen molar-refractivity contribution in [1.82, 2.24) is 9.97 Å². The molecule has 1 aliphatic carbocycles. The average molecular weight is 289 g/mol. The van der Waals surface area contributed by atoms with Crippen LogP contribution in [0.25, 0.3) is 0 Å². The zero-order valence-electron chi connectivity index (χ0n) is 11.6. The van der Waals surface area contributed by atoms with E-state index in [2.05, 4.69) is 20.6 Å². The highest BCUT2D eigenvalue weighted by atomic mass is 35.5. The van der Waals surface area contributed by atoms with E-state index in [1.165, 1.54) is 12.8 Å². The summed E-state index contributed by atoms with van der Waals surface area (Å²) in [5.41, 5.74) is 3.09. The summed E-state index contributed by atoms with van der Waals surface area (Å²) >= 11 is 6.25. The Morgan fingerprint density at radius 3 is 2.65 bits per heavy atom. The Bertz CT molecular complexity index is 638. The fraction of sp³-hybridized carbons (Fsp3) is 0.333. The molecule has 0 saturated heterocycles. The van der Waals surface area contributed by atoms with E-state index in [1.54, 1.807) is 0 Å². The lowest BCUT2D eigenvalue weighted by Crippen LogP contribution is -2.03. The first-order chi connectivity index (χ1) is 9.65. The normalized spacial score (nSPS) is 14.2. The zero-order valence-corrected chi connectivity index (χ0v) is 12.3. The van der Waals surface area contributed by atoms with Gasteiger partial charge in [0.1, 0.15) is 5.82 Å². The molecule has 0 unspecified atom stereocenters. The SMILES string of the molecule is CNc1nc(Nc2ccc(C)cc2Cl)cc(C2CC2)n1. The molecule has 0 amide bonds. The molecule has 2 N–H and O–H groups in total. The van der Waals surface area contributed by atoms with Crippen LogP contribution in [0.15, 0.2) is 24.3 Å². The van der Waals surface area contributed by atoms with Crippen molar-refractivity contribution in [3.8, 4) is 0 Å². The number of nitrogens with zero attached hydrogens (tertiary/aromatic N) is 2. The van der Waals surface area contributed by atoms with Gasteiger partial charge in [0.2, 0.25) is 5.95 Å². The number of rotatable bonds is 4. The first-order valence-corrected chi connectivity index (χ1v) is 7.13. The van der Waals surface area contributed by atoms with E-state index >= 15 is 0 Å². The monoisotopic (exact) mass is 288 g/mol. The number of aryl methyl sites for hydroxylation is 1. The minimum absolute atomic E-state index is 0.583. The summed E-state index contributed by atoms with van der Waals surface area (Å²) in [7, 11) is 1.83. The lowest BCUT2D eigenvalue weighted by atomic mass is 10.2. The van der Waals surface area contributed by atoms with Gasteiger partial charge in [0, 0.05) is 19.0 Å². The number of hydrogen-bond acceptors (Lipinski definition) is 4. The number of aromatic nitrogens is 2. The van der Waals surface area contributed by atoms with Crippen LogP contribution in [-0.4, -0.2) is 17.0 Å². The molecule has 5 heteroatoms. The Labute approximate surface area is 123 Å². The molecule has 0 spiro atoms. The van der Waals surface area contributed by atoms with Crippen LogP contribution in [-0.2, 0) is 0 Å². The summed E-state index contributed by atoms with van der Waals surface area (Å²) in [6, 6.07) is 7.94. The third-order valence-electron chi connectivity index (χ3n) is 3.35. The molecule has 2 aromatic rings. The molecule has 4 nitrogen and oxygen atoms in total. The van der Waals surface area contributed by atoms with Gasteiger partial charge in [-0.2, -0.15) is 4.98 Å². The fourth-order valence-corrected chi connectivity index (χ4v) is 2.37. The van der Waals surface area contributed by atoms with Gasteiger partial charge in [-0.25, -0.2) is 4.98 Å². The first-order valence-electron chi connectivity index (χ1n) is 6.75. The predicted molar refractivity (Wildman–Crippen MR) is 83.0 cm³/mol. The highest BCUT2D eigenvalue weighted by Gasteiger charge is 2.26. The van der Waals surface area contributed by atoms with Crippen LogP contribution in [0.3, 0.4) is 0 Å². The van der Waals surface area contributed by atoms with Crippen molar-refractivity contribution in [2.45, 2.75) is 25.7 Å². The Hall–Kier alpha value is -1.81. The third kappa shape index (κ3) is 2.85. The van der Waals surface area contributed by atoms with Crippen LogP contribution in [0.5, 0.6) is 0 Å². The van der Waals surface area contributed by atoms with E-state index in [1.807, 2.05) is 38.2 Å². The molecule has 20 heavy (non-hydrogen) atoms. The summed E-state index contributed by atoms with van der Waals surface area (Å²) in [5.74, 6) is 2.00. The molecule has 0 atom stereocenters. The molecule has 1 aromatic carbocycles. The van der Waals surface area contributed by atoms with Crippen molar-refractivity contribution in [2.24, 2.45) is 0 Å². The van der Waals surface area contributed by atoms with E-state index in [9.17, 15) is 0 Å². The van der Waals surface area contributed by atoms with Gasteiger partial charge in [-0.15, -0.1) is 0 Å². The van der Waals surface area contributed by atoms with Gasteiger partial charge < -0.3 is 10.6 Å². The Kier molecular flexibility index (Phi) is 3.49. The van der Waals surface area contributed by atoms with Crippen molar-refractivity contribution in [3.63, 3.8) is 0 Å². The van der Waals surface area contributed by atoms with Crippen molar-refractivity contribution in [2.75, 3.05) is 17.7 Å². The van der Waals surface area contributed by atoms with Crippen LogP contribution in [0.4, 0.5) is 17.5 Å². The van der Waals surface area contributed by atoms with Gasteiger partial charge in [0.25, 0.3) is 0 Å². The summed E-state index contributed by atoms with van der Waals surface area (Å²) < 4.78 is 0. The smallest absolute Gasteiger partial charge is 0.224 e. The second kappa shape index (κ2) is 5.29. The second-order valence-corrected chi connectivity index (χ2v) is 5.54. The van der Waals surface area contributed by atoms with Crippen LogP contribution in [0, 0.1) is 6.92 Å². The van der Waals surface area contributed by atoms with Gasteiger partial charge in [0.05, 0.1) is 16.4 Å². The first kappa shape index (κ1) is 13.2. The van der Waals surface area contributed by atoms with E-state index < -0.39 is 0 Å². The van der Waals surface area contributed by atoms with Gasteiger partial charge in [-0.3, -0.25) is 0 Å². The summed E-state index contributed by atoms with van der Waals surface area (Å²) in [6.45, 7) is 2.02. The minimum Gasteiger partial charge on any atom is -0.357 e. The molecule has 3 rings (SSSR count). The van der Waals surface area contributed by atoms with Crippen LogP contribution < -0.4 is 10.6 Å². The number of hydrogen-bond donors (Lipinski definition) is 2. The predicted octanol–water partition coefficient (Wildman–Crippen LogP) is 4.10. The van der Waals surface area contributed by atoms with E-state index in [0.717, 1.165) is 22.8 Å². The zero-order chi connectivity index (χ0) is 14.1. The maximum Gasteiger partial charge on any atom is 0.224 e. The number of benzene rings is 1. The molecule has 1 fully saturated rings. The van der Waals surface area contributed by atoms with Crippen molar-refractivity contribution in [3.05, 3.63) is 40.5 Å². The van der Waals surface area contributed by atoms with Crippen LogP contribution in [0.2, 0.25) is 5.02 Å². The summed E-state index contributed by atoms with van der Waals surface area (Å²) in [5, 5.41) is 6.98. The molecular weight excluding hydrogens is 272 g/mol. The Balaban J connectivity index is 1.91. The molecule has 0 radical (unpaired) electrons. The number of nitrogens with one attached hydrogen (secondary N) is 2. The maximum absolute atomic E-state index is 6.25. The standard InChI is InChI=1S/C15H17ClN4/c1-9-3-6-12(11(16)7-9)18-14-8-13(10-4-5-10)19-15(17-2)20-14/h3,6-8,10H,4-5H2,1-2H3,(H2,17,18,19,20). The molecule has 0 aliphatic heterocycles. The summed E-state index contributed by atoms with van der Waals surface area (Å²) in [6.07, 6.45) is 2.43. The quantitative estimate of drug-likeness (QED) is 0.889. The van der Waals surface area contributed by atoms with Crippen LogP contribution in [0.1, 0.15) is 30.0 Å². The third-order valence-corrected chi connectivity index (χ3v) is 3.67. The lowest BCUT2D eigenvalue weighted by Gasteiger charge is -2.11. The van der Waals surface area contributed by atoms with E-state index in [-0.39, 0.29) is 0 Å². The molecule has 104 valence electrons. The van der Waals surface area contributed by atoms with E-state index in [0.29, 0.717) is 16.9 Å². The fourth-order valence-electron chi connectivity index (χ4n) is 2.09. The Morgan fingerprint density at radius 2 is 2.00 bits per heavy atom. The molecule has 1 aliphatic rings. The number of anilines is 3. The average Bonchev–Trinajstić information content (AvgIpc) is 3.26. The largest absolute Gasteiger partial charge is 0.357 e. The Morgan fingerprint density at radius 1 is 1.20 bits per heavy atom. The lowest BCUT2D eigenvalue weighted by molar-refractivity contribution is 0.991. The highest BCUT2D eigenvalue weighted by molar-refractivity contribution is 6.33. The minimum atomic E-state index is 0.583. The molecular formula is C15H17ClN4. The molecule has 1 saturated carbocycles. The van der Waals surface area contributed by atoms with Gasteiger partial charge in [0.15, 0.2) is 0 Å². The van der Waals surface area contributed by atoms with Gasteiger partial charge >= 0.3 is 0 Å². The molecule has 1 heterocycles. The van der Waals surface area contributed by atoms with Crippen molar-refractivity contribution in [1.29, 1.82) is 0 Å². The van der Waals surface area contributed by atoms with Gasteiger partial charge in [-0.1, -0.05) is 17.7 Å². The van der Waals surface area contributed by atoms with E-state index in [4.69, 9.17) is 11.6 Å². The maximum atomic E-state index is 6.25. The summed E-state index contributed by atoms with van der Waals surface area (Å²) in [4.78, 5) is 8.93. The number of halogens is 1. The topological polar surface area (TPSA) is 49.8 Å². The molecule has 0 bridgehead atoms. The van der Waals surface area contributed by atoms with Crippen molar-refractivity contribution >= 4 is 29.1 Å². The highest BCUT2D eigenvalue weighted by Crippen LogP contribution is 2.40. The van der Waals surface area contributed by atoms with Crippen molar-refractivity contribution < 1.29 is 0 Å². The second-order valence-electron chi connectivity index (χ2n) is 5.13. The van der Waals surface area contributed by atoms with Gasteiger partial charge in [-0.05, 0) is 37.5 Å².